The molecule has 0 bridgehead atoms. The van der Waals surface area contributed by atoms with Crippen LogP contribution >= 0.6 is 0 Å². The predicted octanol–water partition coefficient (Wildman–Crippen LogP) is 4.41. The first-order valence-corrected chi connectivity index (χ1v) is 8.40. The van der Waals surface area contributed by atoms with E-state index >= 15 is 0 Å². The van der Waals surface area contributed by atoms with E-state index in [9.17, 15) is 15.0 Å². The molecule has 3 heteroatoms. The molecule has 2 N–H and O–H groups in total. The van der Waals surface area contributed by atoms with Crippen LogP contribution in [0.5, 0.6) is 11.5 Å². The molecule has 0 amide bonds. The molecule has 0 heterocycles. The van der Waals surface area contributed by atoms with Crippen LogP contribution in [0.4, 0.5) is 0 Å². The summed E-state index contributed by atoms with van der Waals surface area (Å²) in [6.07, 6.45) is 1.46. The lowest BCUT2D eigenvalue weighted by Gasteiger charge is -2.51. The van der Waals surface area contributed by atoms with Crippen molar-refractivity contribution in [3.8, 4) is 11.5 Å². The molecule has 2 aromatic rings. The van der Waals surface area contributed by atoms with Gasteiger partial charge >= 0.3 is 0 Å². The third-order valence-corrected chi connectivity index (χ3v) is 5.43. The number of hydrogen-bond acceptors (Lipinski definition) is 3. The number of aromatic hydroxyl groups is 2. The van der Waals surface area contributed by atoms with Gasteiger partial charge in [-0.05, 0) is 53.1 Å². The van der Waals surface area contributed by atoms with E-state index in [2.05, 4.69) is 20.8 Å². The lowest BCUT2D eigenvalue weighted by atomic mass is 9.50. The molecule has 1 aliphatic rings. The zero-order valence-electron chi connectivity index (χ0n) is 14.4. The molecule has 0 saturated heterocycles. The van der Waals surface area contributed by atoms with Crippen molar-refractivity contribution in [1.82, 2.24) is 0 Å². The van der Waals surface area contributed by atoms with E-state index in [4.69, 9.17) is 0 Å². The van der Waals surface area contributed by atoms with Crippen LogP contribution in [0.25, 0.3) is 0 Å². The average molecular weight is 324 g/mol. The van der Waals surface area contributed by atoms with E-state index in [1.54, 1.807) is 24.3 Å². The summed E-state index contributed by atoms with van der Waals surface area (Å²) in [6, 6.07) is 13.9. The van der Waals surface area contributed by atoms with Gasteiger partial charge in [0, 0.05) is 6.42 Å². The predicted molar refractivity (Wildman–Crippen MR) is 94.2 cm³/mol. The summed E-state index contributed by atoms with van der Waals surface area (Å²) in [4.78, 5) is 13.4. The molecule has 0 aliphatic heterocycles. The highest BCUT2D eigenvalue weighted by atomic mass is 16.3. The molecule has 0 radical (unpaired) electrons. The van der Waals surface area contributed by atoms with E-state index in [-0.39, 0.29) is 22.7 Å². The zero-order chi connectivity index (χ0) is 17.5. The van der Waals surface area contributed by atoms with E-state index < -0.39 is 5.41 Å². The number of phenolic OH excluding ortho intramolecular Hbond substituents is 2. The second-order valence-electron chi connectivity index (χ2n) is 7.66. The average Bonchev–Trinajstić information content (AvgIpc) is 2.49. The second-order valence-corrected chi connectivity index (χ2v) is 7.66. The van der Waals surface area contributed by atoms with Crippen molar-refractivity contribution < 1.29 is 15.0 Å². The van der Waals surface area contributed by atoms with Gasteiger partial charge in [0.05, 0.1) is 5.41 Å². The number of carbonyl (C=O) groups is 1. The summed E-state index contributed by atoms with van der Waals surface area (Å²) in [5.41, 5.74) is 0.733. The Morgan fingerprint density at radius 2 is 1.29 bits per heavy atom. The Kier molecular flexibility index (Phi) is 3.90. The third kappa shape index (κ3) is 2.39. The maximum absolute atomic E-state index is 13.4. The van der Waals surface area contributed by atoms with Gasteiger partial charge in [-0.1, -0.05) is 45.0 Å². The molecule has 0 aromatic heterocycles. The van der Waals surface area contributed by atoms with Crippen molar-refractivity contribution in [2.75, 3.05) is 0 Å². The molecular formula is C21H24O3. The van der Waals surface area contributed by atoms with E-state index in [1.807, 2.05) is 24.3 Å². The van der Waals surface area contributed by atoms with E-state index in [0.29, 0.717) is 12.3 Å². The molecule has 0 spiro atoms. The van der Waals surface area contributed by atoms with Crippen LogP contribution in [0.1, 0.15) is 44.7 Å². The maximum Gasteiger partial charge on any atom is 0.148 e. The van der Waals surface area contributed by atoms with Gasteiger partial charge in [-0.2, -0.15) is 0 Å². The number of Topliss-reactive ketones (excluding diaryl/α,β-unsaturated/α-hetero) is 1. The summed E-state index contributed by atoms with van der Waals surface area (Å²) >= 11 is 0. The quantitative estimate of drug-likeness (QED) is 0.860. The van der Waals surface area contributed by atoms with Gasteiger partial charge in [0.25, 0.3) is 0 Å². The summed E-state index contributed by atoms with van der Waals surface area (Å²) < 4.78 is 0. The number of carbonyl (C=O) groups excluding carboxylic acids is 1. The van der Waals surface area contributed by atoms with Crippen molar-refractivity contribution in [2.24, 2.45) is 11.3 Å². The number of phenols is 2. The fourth-order valence-electron chi connectivity index (χ4n) is 4.64. The SMILES string of the molecule is CC1CC(=O)C(c2ccc(O)cc2)(c2ccc(O)cc2)C(C)(C)C1. The summed E-state index contributed by atoms with van der Waals surface area (Å²) in [6.45, 7) is 6.40. The van der Waals surface area contributed by atoms with Crippen molar-refractivity contribution in [3.63, 3.8) is 0 Å². The number of hydrogen-bond donors (Lipinski definition) is 2. The van der Waals surface area contributed by atoms with Crippen LogP contribution in [-0.2, 0) is 10.2 Å². The maximum atomic E-state index is 13.4. The minimum absolute atomic E-state index is 0.189. The van der Waals surface area contributed by atoms with Gasteiger partial charge in [0.2, 0.25) is 0 Å². The Morgan fingerprint density at radius 3 is 1.67 bits per heavy atom. The van der Waals surface area contributed by atoms with Crippen molar-refractivity contribution in [2.45, 2.75) is 39.0 Å². The molecule has 1 aliphatic carbocycles. The van der Waals surface area contributed by atoms with Gasteiger partial charge in [-0.25, -0.2) is 0 Å². The molecule has 1 unspecified atom stereocenters. The Labute approximate surface area is 143 Å². The van der Waals surface area contributed by atoms with Crippen LogP contribution in [-0.4, -0.2) is 16.0 Å². The minimum atomic E-state index is -0.777. The Morgan fingerprint density at radius 1 is 0.875 bits per heavy atom. The Bertz CT molecular complexity index is 696. The molecule has 24 heavy (non-hydrogen) atoms. The minimum Gasteiger partial charge on any atom is -0.508 e. The molecule has 3 rings (SSSR count). The van der Waals surface area contributed by atoms with Crippen molar-refractivity contribution >= 4 is 5.78 Å². The lowest BCUT2D eigenvalue weighted by Crippen LogP contribution is -2.53. The number of ketones is 1. The first-order chi connectivity index (χ1) is 11.3. The summed E-state index contributed by atoms with van der Waals surface area (Å²) in [5.74, 6) is 0.917. The molecule has 3 nitrogen and oxygen atoms in total. The third-order valence-electron chi connectivity index (χ3n) is 5.43. The van der Waals surface area contributed by atoms with Crippen LogP contribution in [0, 0.1) is 11.3 Å². The first-order valence-electron chi connectivity index (χ1n) is 8.40. The van der Waals surface area contributed by atoms with Crippen LogP contribution in [0.15, 0.2) is 48.5 Å². The Hall–Kier alpha value is -2.29. The number of rotatable bonds is 2. The fourth-order valence-corrected chi connectivity index (χ4v) is 4.64. The standard InChI is InChI=1S/C21H24O3/c1-14-12-19(24)21(20(2,3)13-14,15-4-8-17(22)9-5-15)16-6-10-18(23)11-7-16/h4-11,14,22-23H,12-13H2,1-3H3. The largest absolute Gasteiger partial charge is 0.508 e. The van der Waals surface area contributed by atoms with Crippen LogP contribution in [0.2, 0.25) is 0 Å². The van der Waals surface area contributed by atoms with Crippen molar-refractivity contribution in [1.29, 1.82) is 0 Å². The molecule has 1 saturated carbocycles. The highest BCUT2D eigenvalue weighted by molar-refractivity contribution is 5.96. The molecule has 2 aromatic carbocycles. The van der Waals surface area contributed by atoms with Crippen molar-refractivity contribution in [3.05, 3.63) is 59.7 Å². The topological polar surface area (TPSA) is 57.5 Å². The molecule has 126 valence electrons. The highest BCUT2D eigenvalue weighted by Crippen LogP contribution is 2.55. The van der Waals surface area contributed by atoms with Crippen LogP contribution < -0.4 is 0 Å². The van der Waals surface area contributed by atoms with E-state index in [1.165, 1.54) is 0 Å². The summed E-state index contributed by atoms with van der Waals surface area (Å²) in [5, 5.41) is 19.3. The molecular weight excluding hydrogens is 300 g/mol. The number of benzene rings is 2. The molecule has 1 fully saturated rings. The fraction of sp³-hybridized carbons (Fsp3) is 0.381. The van der Waals surface area contributed by atoms with Gasteiger partial charge in [0.15, 0.2) is 0 Å². The van der Waals surface area contributed by atoms with Crippen LogP contribution in [0.3, 0.4) is 0 Å². The lowest BCUT2D eigenvalue weighted by molar-refractivity contribution is -0.132. The highest BCUT2D eigenvalue weighted by Gasteiger charge is 2.56. The monoisotopic (exact) mass is 324 g/mol. The first kappa shape index (κ1) is 16.6. The normalized spacial score (nSPS) is 22.3. The van der Waals surface area contributed by atoms with Gasteiger partial charge in [-0.3, -0.25) is 4.79 Å². The van der Waals surface area contributed by atoms with E-state index in [0.717, 1.165) is 17.5 Å². The Balaban J connectivity index is 2.30. The van der Waals surface area contributed by atoms with Gasteiger partial charge in [-0.15, -0.1) is 0 Å². The van der Waals surface area contributed by atoms with Gasteiger partial charge in [0.1, 0.15) is 17.3 Å². The molecule has 1 atom stereocenters. The second kappa shape index (κ2) is 5.66. The van der Waals surface area contributed by atoms with Gasteiger partial charge < -0.3 is 10.2 Å². The smallest absolute Gasteiger partial charge is 0.148 e. The zero-order valence-corrected chi connectivity index (χ0v) is 14.4. The summed E-state index contributed by atoms with van der Waals surface area (Å²) in [7, 11) is 0.